The van der Waals surface area contributed by atoms with Crippen molar-refractivity contribution in [2.75, 3.05) is 6.54 Å². The lowest BCUT2D eigenvalue weighted by molar-refractivity contribution is 0.236. The molecule has 1 saturated heterocycles. The van der Waals surface area contributed by atoms with Gasteiger partial charge in [-0.1, -0.05) is 12.1 Å². The molecule has 3 heterocycles. The van der Waals surface area contributed by atoms with E-state index in [1.807, 2.05) is 0 Å². The molecule has 1 atom stereocenters. The quantitative estimate of drug-likeness (QED) is 0.728. The first-order valence-electron chi connectivity index (χ1n) is 9.28. The molecule has 5 heteroatoms. The Morgan fingerprint density at radius 1 is 1.20 bits per heavy atom. The molecule has 3 aromatic rings. The van der Waals surface area contributed by atoms with Crippen molar-refractivity contribution in [3.05, 3.63) is 47.0 Å². The van der Waals surface area contributed by atoms with Crippen molar-refractivity contribution in [1.82, 2.24) is 24.2 Å². The number of nitrogens with zero attached hydrogens (tertiary/aromatic N) is 5. The van der Waals surface area contributed by atoms with Crippen LogP contribution in [0.5, 0.6) is 0 Å². The first-order chi connectivity index (χ1) is 12.1. The summed E-state index contributed by atoms with van der Waals surface area (Å²) >= 11 is 0. The van der Waals surface area contributed by atoms with Crippen molar-refractivity contribution in [3.63, 3.8) is 0 Å². The van der Waals surface area contributed by atoms with Gasteiger partial charge in [-0.05, 0) is 52.3 Å². The van der Waals surface area contributed by atoms with Crippen molar-refractivity contribution < 1.29 is 0 Å². The topological polar surface area (TPSA) is 38.9 Å². The van der Waals surface area contributed by atoms with Gasteiger partial charge in [0.15, 0.2) is 0 Å². The monoisotopic (exact) mass is 337 g/mol. The second-order valence-corrected chi connectivity index (χ2v) is 7.11. The molecule has 0 saturated carbocycles. The Kier molecular flexibility index (Phi) is 4.12. The Bertz CT molecular complexity index is 904. The van der Waals surface area contributed by atoms with E-state index in [2.05, 4.69) is 71.3 Å². The number of hydrogen-bond acceptors (Lipinski definition) is 3. The number of hydrogen-bond donors (Lipinski definition) is 0. The third-order valence-corrected chi connectivity index (χ3v) is 5.68. The minimum atomic E-state index is 0.390. The van der Waals surface area contributed by atoms with Crippen LogP contribution < -0.4 is 0 Å². The summed E-state index contributed by atoms with van der Waals surface area (Å²) in [5, 5.41) is 4.69. The van der Waals surface area contributed by atoms with Crippen LogP contribution in [0.15, 0.2) is 24.3 Å². The van der Waals surface area contributed by atoms with E-state index < -0.39 is 0 Å². The number of rotatable bonds is 4. The van der Waals surface area contributed by atoms with Gasteiger partial charge in [-0.25, -0.2) is 4.98 Å². The van der Waals surface area contributed by atoms with Gasteiger partial charge in [-0.3, -0.25) is 9.58 Å². The number of aryl methyl sites for hydroxylation is 3. The van der Waals surface area contributed by atoms with Gasteiger partial charge in [-0.2, -0.15) is 5.10 Å². The SMILES string of the molecule is CCn1nc(C)c(CN2CCC[C@@H]2c2nc3ccccc3n2C)c1C. The third kappa shape index (κ3) is 2.67. The van der Waals surface area contributed by atoms with Crippen LogP contribution in [0, 0.1) is 13.8 Å². The molecule has 1 aliphatic heterocycles. The molecular weight excluding hydrogens is 310 g/mol. The smallest absolute Gasteiger partial charge is 0.127 e. The first kappa shape index (κ1) is 16.3. The summed E-state index contributed by atoms with van der Waals surface area (Å²) in [4.78, 5) is 7.53. The molecule has 132 valence electrons. The lowest BCUT2D eigenvalue weighted by Crippen LogP contribution is -2.25. The molecule has 0 bridgehead atoms. The average Bonchev–Trinajstić information content (AvgIpc) is 3.28. The van der Waals surface area contributed by atoms with Gasteiger partial charge in [0.2, 0.25) is 0 Å². The molecule has 1 fully saturated rings. The van der Waals surface area contributed by atoms with E-state index in [0.29, 0.717) is 6.04 Å². The van der Waals surface area contributed by atoms with Gasteiger partial charge in [0.1, 0.15) is 5.82 Å². The number of para-hydroxylation sites is 2. The van der Waals surface area contributed by atoms with Gasteiger partial charge < -0.3 is 4.57 Å². The van der Waals surface area contributed by atoms with Crippen LogP contribution in [0.1, 0.15) is 48.6 Å². The lowest BCUT2D eigenvalue weighted by Gasteiger charge is -2.24. The highest BCUT2D eigenvalue weighted by atomic mass is 15.3. The van der Waals surface area contributed by atoms with Crippen LogP contribution >= 0.6 is 0 Å². The van der Waals surface area contributed by atoms with E-state index >= 15 is 0 Å². The van der Waals surface area contributed by atoms with Crippen LogP contribution in [-0.4, -0.2) is 30.8 Å². The van der Waals surface area contributed by atoms with E-state index in [1.54, 1.807) is 0 Å². The van der Waals surface area contributed by atoms with Crippen molar-refractivity contribution in [3.8, 4) is 0 Å². The Morgan fingerprint density at radius 3 is 2.72 bits per heavy atom. The van der Waals surface area contributed by atoms with Crippen molar-refractivity contribution in [2.45, 2.75) is 52.7 Å². The summed E-state index contributed by atoms with van der Waals surface area (Å²) < 4.78 is 4.39. The maximum atomic E-state index is 4.95. The van der Waals surface area contributed by atoms with Crippen molar-refractivity contribution >= 4 is 11.0 Å². The maximum Gasteiger partial charge on any atom is 0.127 e. The number of aromatic nitrogens is 4. The van der Waals surface area contributed by atoms with Gasteiger partial charge >= 0.3 is 0 Å². The van der Waals surface area contributed by atoms with E-state index in [-0.39, 0.29) is 0 Å². The van der Waals surface area contributed by atoms with Crippen LogP contribution in [0.2, 0.25) is 0 Å². The highest BCUT2D eigenvalue weighted by Crippen LogP contribution is 2.34. The predicted molar refractivity (Wildman–Crippen MR) is 100 cm³/mol. The van der Waals surface area contributed by atoms with Crippen molar-refractivity contribution in [1.29, 1.82) is 0 Å². The second-order valence-electron chi connectivity index (χ2n) is 7.11. The summed E-state index contributed by atoms with van der Waals surface area (Å²) in [6.45, 7) is 9.51. The van der Waals surface area contributed by atoms with Crippen LogP contribution in [0.4, 0.5) is 0 Å². The molecule has 2 aromatic heterocycles. The minimum Gasteiger partial charge on any atom is -0.330 e. The molecule has 0 N–H and O–H groups in total. The Labute approximate surface area is 149 Å². The van der Waals surface area contributed by atoms with Crippen LogP contribution in [0.25, 0.3) is 11.0 Å². The Balaban J connectivity index is 1.66. The molecule has 1 aliphatic rings. The molecule has 0 spiro atoms. The summed E-state index contributed by atoms with van der Waals surface area (Å²) in [5.74, 6) is 1.19. The zero-order valence-electron chi connectivity index (χ0n) is 15.7. The summed E-state index contributed by atoms with van der Waals surface area (Å²) in [6, 6.07) is 8.81. The van der Waals surface area contributed by atoms with Gasteiger partial charge in [-0.15, -0.1) is 0 Å². The largest absolute Gasteiger partial charge is 0.330 e. The highest BCUT2D eigenvalue weighted by Gasteiger charge is 2.31. The molecule has 0 amide bonds. The van der Waals surface area contributed by atoms with Crippen molar-refractivity contribution in [2.24, 2.45) is 7.05 Å². The summed E-state index contributed by atoms with van der Waals surface area (Å²) in [6.07, 6.45) is 2.41. The number of fused-ring (bicyclic) bond motifs is 1. The fourth-order valence-electron chi connectivity index (χ4n) is 4.24. The van der Waals surface area contributed by atoms with Crippen LogP contribution in [-0.2, 0) is 20.1 Å². The molecule has 1 aromatic carbocycles. The molecule has 4 rings (SSSR count). The fourth-order valence-corrected chi connectivity index (χ4v) is 4.24. The Hall–Kier alpha value is -2.14. The first-order valence-corrected chi connectivity index (χ1v) is 9.28. The lowest BCUT2D eigenvalue weighted by atomic mass is 10.1. The predicted octanol–water partition coefficient (Wildman–Crippen LogP) is 3.74. The summed E-state index contributed by atoms with van der Waals surface area (Å²) in [7, 11) is 2.15. The molecular formula is C20H27N5. The zero-order chi connectivity index (χ0) is 17.6. The van der Waals surface area contributed by atoms with Crippen LogP contribution in [0.3, 0.4) is 0 Å². The van der Waals surface area contributed by atoms with Gasteiger partial charge in [0.05, 0.1) is 22.8 Å². The number of imidazole rings is 1. The maximum absolute atomic E-state index is 4.95. The molecule has 25 heavy (non-hydrogen) atoms. The molecule has 0 aliphatic carbocycles. The van der Waals surface area contributed by atoms with E-state index in [0.717, 1.165) is 30.8 Å². The molecule has 0 radical (unpaired) electrons. The van der Waals surface area contributed by atoms with Gasteiger partial charge in [0, 0.05) is 31.4 Å². The zero-order valence-corrected chi connectivity index (χ0v) is 15.7. The normalized spacial score (nSPS) is 18.5. The van der Waals surface area contributed by atoms with Gasteiger partial charge in [0.25, 0.3) is 0 Å². The third-order valence-electron chi connectivity index (χ3n) is 5.68. The standard InChI is InChI=1S/C20H27N5/c1-5-25-15(3)16(14(2)22-25)13-24-12-8-11-19(24)20-21-17-9-6-7-10-18(17)23(20)4/h6-7,9-10,19H,5,8,11-13H2,1-4H3/t19-/m1/s1. The molecule has 5 nitrogen and oxygen atoms in total. The van der Waals surface area contributed by atoms with E-state index in [4.69, 9.17) is 4.98 Å². The minimum absolute atomic E-state index is 0.390. The summed E-state index contributed by atoms with van der Waals surface area (Å²) in [5.41, 5.74) is 6.16. The average molecular weight is 337 g/mol. The second kappa shape index (κ2) is 6.30. The Morgan fingerprint density at radius 2 is 2.00 bits per heavy atom. The number of likely N-dealkylation sites (tertiary alicyclic amines) is 1. The highest BCUT2D eigenvalue weighted by molar-refractivity contribution is 5.75. The van der Waals surface area contributed by atoms with E-state index in [1.165, 1.54) is 35.4 Å². The molecule has 0 unspecified atom stereocenters. The number of benzene rings is 1. The van der Waals surface area contributed by atoms with E-state index in [9.17, 15) is 0 Å². The fraction of sp³-hybridized carbons (Fsp3) is 0.500.